The molecule has 0 aliphatic carbocycles. The number of benzene rings is 2. The van der Waals surface area contributed by atoms with Crippen LogP contribution in [0.1, 0.15) is 66.8 Å². The van der Waals surface area contributed by atoms with Gasteiger partial charge in [0.15, 0.2) is 17.4 Å². The number of nitrogens with zero attached hydrogens (tertiary/aromatic N) is 3. The summed E-state index contributed by atoms with van der Waals surface area (Å²) >= 11 is 1.73. The Kier molecular flexibility index (Phi) is 7.08. The van der Waals surface area contributed by atoms with Crippen molar-refractivity contribution < 1.29 is 14.7 Å². The third-order valence-electron chi connectivity index (χ3n) is 5.89. The summed E-state index contributed by atoms with van der Waals surface area (Å²) in [5, 5.41) is 19.6. The molecule has 0 saturated carbocycles. The van der Waals surface area contributed by atoms with E-state index in [0.717, 1.165) is 10.5 Å². The van der Waals surface area contributed by atoms with Crippen LogP contribution in [0.15, 0.2) is 76.9 Å². The Morgan fingerprint density at radius 1 is 0.943 bits per heavy atom. The van der Waals surface area contributed by atoms with Crippen LogP contribution in [0, 0.1) is 6.92 Å². The normalized spacial score (nSPS) is 16.0. The van der Waals surface area contributed by atoms with Gasteiger partial charge in [-0.3, -0.25) is 14.5 Å². The zero-order valence-corrected chi connectivity index (χ0v) is 21.3. The van der Waals surface area contributed by atoms with Gasteiger partial charge in [0.1, 0.15) is 0 Å². The van der Waals surface area contributed by atoms with Crippen LogP contribution < -0.4 is 4.90 Å². The minimum atomic E-state index is -0.824. The minimum Gasteiger partial charge on any atom is -0.503 e. The average Bonchev–Trinajstić information content (AvgIpc) is 3.10. The van der Waals surface area contributed by atoms with Gasteiger partial charge in [0, 0.05) is 15.7 Å². The van der Waals surface area contributed by atoms with Crippen LogP contribution in [-0.2, 0) is 4.79 Å². The second-order valence-electron chi connectivity index (χ2n) is 9.21. The fourth-order valence-electron chi connectivity index (χ4n) is 4.09. The summed E-state index contributed by atoms with van der Waals surface area (Å²) in [5.74, 6) is -1.02. The van der Waals surface area contributed by atoms with Gasteiger partial charge in [0.25, 0.3) is 5.91 Å². The van der Waals surface area contributed by atoms with Crippen molar-refractivity contribution in [2.45, 2.75) is 56.7 Å². The van der Waals surface area contributed by atoms with E-state index in [4.69, 9.17) is 0 Å². The van der Waals surface area contributed by atoms with Crippen LogP contribution in [0.2, 0.25) is 0 Å². The monoisotopic (exact) mass is 487 g/mol. The maximum Gasteiger partial charge on any atom is 0.295 e. The molecule has 0 radical (unpaired) electrons. The molecule has 1 N–H and O–H groups in total. The van der Waals surface area contributed by atoms with E-state index in [0.29, 0.717) is 28.0 Å². The second-order valence-corrected chi connectivity index (χ2v) is 10.9. The zero-order chi connectivity index (χ0) is 25.3. The lowest BCUT2D eigenvalue weighted by Crippen LogP contribution is -2.32. The molecule has 1 aliphatic heterocycles. The van der Waals surface area contributed by atoms with Crippen LogP contribution >= 0.6 is 11.8 Å². The summed E-state index contributed by atoms with van der Waals surface area (Å²) < 4.78 is 0. The number of amides is 1. The molecule has 1 unspecified atom stereocenters. The number of ketones is 1. The van der Waals surface area contributed by atoms with Gasteiger partial charge in [0.05, 0.1) is 17.3 Å². The quantitative estimate of drug-likeness (QED) is 0.316. The summed E-state index contributed by atoms with van der Waals surface area (Å²) in [7, 11) is 0. The van der Waals surface area contributed by atoms with E-state index < -0.39 is 17.7 Å². The van der Waals surface area contributed by atoms with Gasteiger partial charge in [-0.1, -0.05) is 64.1 Å². The molecule has 6 nitrogen and oxygen atoms in total. The first-order chi connectivity index (χ1) is 16.7. The van der Waals surface area contributed by atoms with Gasteiger partial charge in [-0.25, -0.2) is 0 Å². The summed E-state index contributed by atoms with van der Waals surface area (Å²) in [4.78, 5) is 29.4. The Morgan fingerprint density at radius 3 is 2.14 bits per heavy atom. The van der Waals surface area contributed by atoms with Crippen molar-refractivity contribution >= 4 is 29.3 Å². The molecule has 0 bridgehead atoms. The van der Waals surface area contributed by atoms with Gasteiger partial charge in [0.2, 0.25) is 0 Å². The van der Waals surface area contributed by atoms with Crippen molar-refractivity contribution in [3.8, 4) is 0 Å². The SMILES string of the molecule is Cc1ccc(N2C(=O)C(O)=C(C(=O)c3ccc(C(C)C)cc3)C2c2ccc(SC(C)C)cc2)nn1. The highest BCUT2D eigenvalue weighted by Crippen LogP contribution is 2.41. The van der Waals surface area contributed by atoms with Gasteiger partial charge >= 0.3 is 0 Å². The summed E-state index contributed by atoms with van der Waals surface area (Å²) in [6.07, 6.45) is 0. The first-order valence-electron chi connectivity index (χ1n) is 11.7. The number of hydrogen-bond acceptors (Lipinski definition) is 6. The number of anilines is 1. The van der Waals surface area contributed by atoms with E-state index in [9.17, 15) is 14.7 Å². The van der Waals surface area contributed by atoms with E-state index in [-0.39, 0.29) is 17.2 Å². The number of thioether (sulfide) groups is 1. The first-order valence-corrected chi connectivity index (χ1v) is 12.5. The van der Waals surface area contributed by atoms with Gasteiger partial charge in [-0.05, 0) is 48.2 Å². The van der Waals surface area contributed by atoms with Crippen LogP contribution in [0.25, 0.3) is 0 Å². The lowest BCUT2D eigenvalue weighted by atomic mass is 9.91. The number of aromatic nitrogens is 2. The third-order valence-corrected chi connectivity index (χ3v) is 6.91. The fourth-order valence-corrected chi connectivity index (χ4v) is 4.92. The summed E-state index contributed by atoms with van der Waals surface area (Å²) in [6.45, 7) is 10.2. The van der Waals surface area contributed by atoms with Crippen molar-refractivity contribution in [1.29, 1.82) is 0 Å². The molecule has 1 aliphatic rings. The minimum absolute atomic E-state index is 0.0407. The Labute approximate surface area is 210 Å². The Balaban J connectivity index is 1.80. The van der Waals surface area contributed by atoms with Crippen molar-refractivity contribution in [2.75, 3.05) is 4.90 Å². The molecular weight excluding hydrogens is 458 g/mol. The molecule has 1 aromatic heterocycles. The summed E-state index contributed by atoms with van der Waals surface area (Å²) in [6, 6.07) is 17.6. The largest absolute Gasteiger partial charge is 0.503 e. The third kappa shape index (κ3) is 5.00. The van der Waals surface area contributed by atoms with Gasteiger partial charge in [-0.2, -0.15) is 5.10 Å². The highest BCUT2D eigenvalue weighted by molar-refractivity contribution is 7.99. The Bertz CT molecular complexity index is 1260. The van der Waals surface area contributed by atoms with Gasteiger partial charge < -0.3 is 5.11 Å². The number of Topliss-reactive ketones (excluding diaryl/α,β-unsaturated/α-hetero) is 1. The molecule has 1 amide bonds. The number of rotatable bonds is 7. The molecule has 1 atom stereocenters. The van der Waals surface area contributed by atoms with Crippen LogP contribution in [0.4, 0.5) is 5.82 Å². The smallest absolute Gasteiger partial charge is 0.295 e. The first kappa shape index (κ1) is 24.7. The number of carbonyl (C=O) groups is 2. The van der Waals surface area contributed by atoms with E-state index >= 15 is 0 Å². The molecule has 0 saturated heterocycles. The van der Waals surface area contributed by atoms with E-state index in [1.807, 2.05) is 36.4 Å². The van der Waals surface area contributed by atoms with E-state index in [1.54, 1.807) is 43.0 Å². The molecular formula is C28H29N3O3S. The Morgan fingerprint density at radius 2 is 1.60 bits per heavy atom. The number of hydrogen-bond donors (Lipinski definition) is 1. The molecule has 2 heterocycles. The van der Waals surface area contributed by atoms with Crippen LogP contribution in [-0.4, -0.2) is 32.2 Å². The zero-order valence-electron chi connectivity index (χ0n) is 20.5. The molecule has 3 aromatic rings. The van der Waals surface area contributed by atoms with Crippen molar-refractivity contribution in [3.63, 3.8) is 0 Å². The predicted molar refractivity (Wildman–Crippen MR) is 139 cm³/mol. The number of aliphatic hydroxyl groups is 1. The topological polar surface area (TPSA) is 83.4 Å². The highest BCUT2D eigenvalue weighted by atomic mass is 32.2. The molecule has 0 fully saturated rings. The predicted octanol–water partition coefficient (Wildman–Crippen LogP) is 6.19. The van der Waals surface area contributed by atoms with Crippen molar-refractivity contribution in [3.05, 3.63) is 94.4 Å². The highest BCUT2D eigenvalue weighted by Gasteiger charge is 2.45. The second kappa shape index (κ2) is 10.0. The van der Waals surface area contributed by atoms with Gasteiger partial charge in [-0.15, -0.1) is 16.9 Å². The van der Waals surface area contributed by atoms with E-state index in [1.165, 1.54) is 4.90 Å². The molecule has 7 heteroatoms. The maximum atomic E-state index is 13.7. The fraction of sp³-hybridized carbons (Fsp3) is 0.286. The summed E-state index contributed by atoms with van der Waals surface area (Å²) in [5.41, 5.74) is 2.97. The molecule has 2 aromatic carbocycles. The molecule has 180 valence electrons. The molecule has 0 spiro atoms. The van der Waals surface area contributed by atoms with Crippen molar-refractivity contribution in [1.82, 2.24) is 10.2 Å². The number of aliphatic hydroxyl groups excluding tert-OH is 1. The number of aryl methyl sites for hydroxylation is 1. The average molecular weight is 488 g/mol. The van der Waals surface area contributed by atoms with Crippen LogP contribution in [0.5, 0.6) is 0 Å². The standard InChI is InChI=1S/C28H29N3O3S/c1-16(2)19-7-9-21(10-8-19)26(32)24-25(20-11-13-22(14-12-20)35-17(3)4)31(28(34)27(24)33)23-15-6-18(5)29-30-23/h6-17,25,33H,1-5H3. The van der Waals surface area contributed by atoms with E-state index in [2.05, 4.69) is 37.9 Å². The Hall–Kier alpha value is -3.45. The molecule has 4 rings (SSSR count). The van der Waals surface area contributed by atoms with Crippen molar-refractivity contribution in [2.24, 2.45) is 0 Å². The molecule has 35 heavy (non-hydrogen) atoms. The van der Waals surface area contributed by atoms with Crippen LogP contribution in [0.3, 0.4) is 0 Å². The lowest BCUT2D eigenvalue weighted by molar-refractivity contribution is -0.117. The lowest BCUT2D eigenvalue weighted by Gasteiger charge is -2.26. The maximum absolute atomic E-state index is 13.7. The number of carbonyl (C=O) groups excluding carboxylic acids is 2.